The molecule has 0 saturated heterocycles. The Kier molecular flexibility index (Phi) is 3.17. The van der Waals surface area contributed by atoms with Crippen LogP contribution in [-0.2, 0) is 0 Å². The highest BCUT2D eigenvalue weighted by Gasteiger charge is 2.19. The molecule has 1 aromatic rings. The summed E-state index contributed by atoms with van der Waals surface area (Å²) in [6.45, 7) is 3.31. The number of hydrogen-bond donors (Lipinski definition) is 1. The molecule has 2 rings (SSSR count). The lowest BCUT2D eigenvalue weighted by Crippen LogP contribution is -2.08. The third kappa shape index (κ3) is 2.11. The molecule has 1 atom stereocenters. The van der Waals surface area contributed by atoms with E-state index in [0.717, 1.165) is 28.0 Å². The smallest absolute Gasteiger partial charge is 0.175 e. The molecular weight excluding hydrogens is 258 g/mol. The van der Waals surface area contributed by atoms with Crippen molar-refractivity contribution in [3.8, 4) is 11.5 Å². The SMILES string of the molecule is CC(N)c1ccc(Br)c2c1OCCCO2. The van der Waals surface area contributed by atoms with Crippen molar-refractivity contribution in [3.05, 3.63) is 22.2 Å². The van der Waals surface area contributed by atoms with Gasteiger partial charge in [-0.1, -0.05) is 6.07 Å². The first-order valence-corrected chi connectivity index (χ1v) is 5.83. The number of halogens is 1. The second-order valence-corrected chi connectivity index (χ2v) is 4.49. The number of rotatable bonds is 1. The van der Waals surface area contributed by atoms with E-state index in [1.165, 1.54) is 0 Å². The number of nitrogens with two attached hydrogens (primary N) is 1. The second kappa shape index (κ2) is 4.41. The number of benzene rings is 1. The Hall–Kier alpha value is -0.740. The van der Waals surface area contributed by atoms with Crippen molar-refractivity contribution < 1.29 is 9.47 Å². The lowest BCUT2D eigenvalue weighted by atomic mass is 10.1. The Bertz CT molecular complexity index is 366. The van der Waals surface area contributed by atoms with Gasteiger partial charge in [0.2, 0.25) is 0 Å². The van der Waals surface area contributed by atoms with Gasteiger partial charge in [0.05, 0.1) is 17.7 Å². The number of fused-ring (bicyclic) bond motifs is 1. The van der Waals surface area contributed by atoms with E-state index in [2.05, 4.69) is 15.9 Å². The molecule has 0 saturated carbocycles. The summed E-state index contributed by atoms with van der Waals surface area (Å²) in [5, 5.41) is 0. The normalized spacial score (nSPS) is 17.0. The molecule has 1 heterocycles. The maximum atomic E-state index is 5.89. The standard InChI is InChI=1S/C11H14BrNO2/c1-7(13)8-3-4-9(12)11-10(8)14-5-2-6-15-11/h3-4,7H,2,5-6,13H2,1H3. The maximum absolute atomic E-state index is 5.89. The van der Waals surface area contributed by atoms with Crippen LogP contribution in [0.1, 0.15) is 24.9 Å². The molecule has 0 aromatic heterocycles. The highest BCUT2D eigenvalue weighted by atomic mass is 79.9. The van der Waals surface area contributed by atoms with Gasteiger partial charge in [-0.2, -0.15) is 0 Å². The molecule has 0 amide bonds. The van der Waals surface area contributed by atoms with Gasteiger partial charge in [-0.15, -0.1) is 0 Å². The molecule has 1 aromatic carbocycles. The second-order valence-electron chi connectivity index (χ2n) is 3.63. The van der Waals surface area contributed by atoms with Crippen LogP contribution >= 0.6 is 15.9 Å². The van der Waals surface area contributed by atoms with Crippen molar-refractivity contribution in [3.63, 3.8) is 0 Å². The van der Waals surface area contributed by atoms with Gasteiger partial charge in [-0.3, -0.25) is 0 Å². The zero-order chi connectivity index (χ0) is 10.8. The first-order valence-electron chi connectivity index (χ1n) is 5.03. The molecule has 0 fully saturated rings. The van der Waals surface area contributed by atoms with Crippen molar-refractivity contribution in [2.24, 2.45) is 5.73 Å². The summed E-state index contributed by atoms with van der Waals surface area (Å²) >= 11 is 3.45. The summed E-state index contributed by atoms with van der Waals surface area (Å²) in [5.74, 6) is 1.57. The van der Waals surface area contributed by atoms with Crippen LogP contribution in [0.2, 0.25) is 0 Å². The summed E-state index contributed by atoms with van der Waals surface area (Å²) in [6.07, 6.45) is 0.902. The molecule has 0 bridgehead atoms. The third-order valence-corrected chi connectivity index (χ3v) is 2.99. The minimum atomic E-state index is -0.0476. The molecule has 0 aliphatic carbocycles. The Morgan fingerprint density at radius 2 is 1.93 bits per heavy atom. The molecule has 1 unspecified atom stereocenters. The predicted octanol–water partition coefficient (Wildman–Crippen LogP) is 2.63. The lowest BCUT2D eigenvalue weighted by Gasteiger charge is -2.15. The van der Waals surface area contributed by atoms with E-state index >= 15 is 0 Å². The van der Waals surface area contributed by atoms with Gasteiger partial charge in [0, 0.05) is 18.0 Å². The zero-order valence-electron chi connectivity index (χ0n) is 8.63. The van der Waals surface area contributed by atoms with Crippen LogP contribution in [0.3, 0.4) is 0 Å². The van der Waals surface area contributed by atoms with Crippen molar-refractivity contribution in [2.75, 3.05) is 13.2 Å². The van der Waals surface area contributed by atoms with E-state index < -0.39 is 0 Å². The average Bonchev–Trinajstić information content (AvgIpc) is 2.43. The van der Waals surface area contributed by atoms with Gasteiger partial charge < -0.3 is 15.2 Å². The fourth-order valence-corrected chi connectivity index (χ4v) is 2.03. The third-order valence-electron chi connectivity index (χ3n) is 2.37. The average molecular weight is 272 g/mol. The number of hydrogen-bond acceptors (Lipinski definition) is 3. The van der Waals surface area contributed by atoms with Gasteiger partial charge in [0.25, 0.3) is 0 Å². The van der Waals surface area contributed by atoms with E-state index in [4.69, 9.17) is 15.2 Å². The molecule has 4 heteroatoms. The van der Waals surface area contributed by atoms with E-state index in [0.29, 0.717) is 13.2 Å². The fraction of sp³-hybridized carbons (Fsp3) is 0.455. The largest absolute Gasteiger partial charge is 0.489 e. The highest BCUT2D eigenvalue weighted by Crippen LogP contribution is 2.41. The summed E-state index contributed by atoms with van der Waals surface area (Å²) in [5.41, 5.74) is 6.88. The quantitative estimate of drug-likeness (QED) is 0.854. The lowest BCUT2D eigenvalue weighted by molar-refractivity contribution is 0.295. The van der Waals surface area contributed by atoms with Crippen molar-refractivity contribution in [2.45, 2.75) is 19.4 Å². The van der Waals surface area contributed by atoms with Gasteiger partial charge in [0.15, 0.2) is 11.5 Å². The summed E-state index contributed by atoms with van der Waals surface area (Å²) in [6, 6.07) is 3.88. The minimum absolute atomic E-state index is 0.0476. The first-order chi connectivity index (χ1) is 7.20. The monoisotopic (exact) mass is 271 g/mol. The van der Waals surface area contributed by atoms with E-state index in [1.807, 2.05) is 19.1 Å². The molecule has 15 heavy (non-hydrogen) atoms. The van der Waals surface area contributed by atoms with Gasteiger partial charge >= 0.3 is 0 Å². The van der Waals surface area contributed by atoms with Crippen molar-refractivity contribution in [1.82, 2.24) is 0 Å². The Morgan fingerprint density at radius 3 is 2.60 bits per heavy atom. The molecule has 1 aliphatic heterocycles. The molecule has 82 valence electrons. The molecule has 0 spiro atoms. The molecular formula is C11H14BrNO2. The summed E-state index contributed by atoms with van der Waals surface area (Å²) < 4.78 is 12.2. The van der Waals surface area contributed by atoms with Crippen LogP contribution in [0, 0.1) is 0 Å². The first kappa shape index (κ1) is 10.8. The summed E-state index contributed by atoms with van der Waals surface area (Å²) in [4.78, 5) is 0. The maximum Gasteiger partial charge on any atom is 0.175 e. The Labute approximate surface area is 97.7 Å². The van der Waals surface area contributed by atoms with Gasteiger partial charge in [-0.05, 0) is 28.9 Å². The fourth-order valence-electron chi connectivity index (χ4n) is 1.60. The number of ether oxygens (including phenoxy) is 2. The topological polar surface area (TPSA) is 44.5 Å². The van der Waals surface area contributed by atoms with E-state index in [9.17, 15) is 0 Å². The van der Waals surface area contributed by atoms with Crippen LogP contribution in [0.4, 0.5) is 0 Å². The highest BCUT2D eigenvalue weighted by molar-refractivity contribution is 9.10. The Balaban J connectivity index is 2.51. The molecule has 2 N–H and O–H groups in total. The van der Waals surface area contributed by atoms with Crippen molar-refractivity contribution >= 4 is 15.9 Å². The molecule has 3 nitrogen and oxygen atoms in total. The predicted molar refractivity (Wildman–Crippen MR) is 62.4 cm³/mol. The van der Waals surface area contributed by atoms with Crippen LogP contribution in [-0.4, -0.2) is 13.2 Å². The molecule has 0 radical (unpaired) electrons. The van der Waals surface area contributed by atoms with Crippen molar-refractivity contribution in [1.29, 1.82) is 0 Å². The van der Waals surface area contributed by atoms with E-state index in [1.54, 1.807) is 0 Å². The minimum Gasteiger partial charge on any atom is -0.489 e. The van der Waals surface area contributed by atoms with Crippen LogP contribution in [0.5, 0.6) is 11.5 Å². The van der Waals surface area contributed by atoms with Crippen LogP contribution in [0.15, 0.2) is 16.6 Å². The van der Waals surface area contributed by atoms with Crippen LogP contribution in [0.25, 0.3) is 0 Å². The Morgan fingerprint density at radius 1 is 1.27 bits per heavy atom. The van der Waals surface area contributed by atoms with E-state index in [-0.39, 0.29) is 6.04 Å². The summed E-state index contributed by atoms with van der Waals surface area (Å²) in [7, 11) is 0. The van der Waals surface area contributed by atoms with Gasteiger partial charge in [-0.25, -0.2) is 0 Å². The van der Waals surface area contributed by atoms with Crippen LogP contribution < -0.4 is 15.2 Å². The zero-order valence-corrected chi connectivity index (χ0v) is 10.2. The molecule has 1 aliphatic rings. The van der Waals surface area contributed by atoms with Gasteiger partial charge in [0.1, 0.15) is 0 Å².